The second-order valence-corrected chi connectivity index (χ2v) is 8.16. The third-order valence-electron chi connectivity index (χ3n) is 3.48. The van der Waals surface area contributed by atoms with E-state index in [0.717, 1.165) is 32.5 Å². The predicted molar refractivity (Wildman–Crippen MR) is 96.6 cm³/mol. The highest BCUT2D eigenvalue weighted by molar-refractivity contribution is 5.83. The Morgan fingerprint density at radius 3 is 1.91 bits per heavy atom. The maximum Gasteiger partial charge on any atom is 0.220 e. The van der Waals surface area contributed by atoms with Crippen molar-refractivity contribution in [2.75, 3.05) is 26.2 Å². The van der Waals surface area contributed by atoms with Crippen molar-refractivity contribution in [2.45, 2.75) is 72.8 Å². The molecule has 0 unspecified atom stereocenters. The molecule has 5 nitrogen and oxygen atoms in total. The number of carbonyl (C=O) groups excluding carboxylic acids is 2. The number of nitrogens with one attached hydrogen (secondary N) is 3. The van der Waals surface area contributed by atoms with Crippen molar-refractivity contribution in [3.05, 3.63) is 0 Å². The Labute approximate surface area is 142 Å². The van der Waals surface area contributed by atoms with Crippen molar-refractivity contribution >= 4 is 11.7 Å². The van der Waals surface area contributed by atoms with Crippen LogP contribution >= 0.6 is 0 Å². The molecule has 0 aliphatic heterocycles. The Hall–Kier alpha value is -0.940. The molecule has 0 bridgehead atoms. The molecule has 0 aromatic rings. The van der Waals surface area contributed by atoms with Gasteiger partial charge in [0, 0.05) is 50.0 Å². The van der Waals surface area contributed by atoms with Crippen molar-refractivity contribution in [1.82, 2.24) is 16.0 Å². The molecule has 5 heteroatoms. The molecule has 0 aromatic carbocycles. The lowest BCUT2D eigenvalue weighted by Gasteiger charge is -2.20. The van der Waals surface area contributed by atoms with Gasteiger partial charge < -0.3 is 16.0 Å². The monoisotopic (exact) mass is 327 g/mol. The first kappa shape index (κ1) is 22.1. The van der Waals surface area contributed by atoms with Crippen LogP contribution in [0.1, 0.15) is 67.2 Å². The lowest BCUT2D eigenvalue weighted by atomic mass is 9.88. The minimum atomic E-state index is -0.268. The summed E-state index contributed by atoms with van der Waals surface area (Å²) in [4.78, 5) is 23.4. The summed E-state index contributed by atoms with van der Waals surface area (Å²) in [5, 5.41) is 9.59. The molecule has 23 heavy (non-hydrogen) atoms. The number of amides is 1. The van der Waals surface area contributed by atoms with Crippen LogP contribution in [0.5, 0.6) is 0 Å². The van der Waals surface area contributed by atoms with Gasteiger partial charge in [0.2, 0.25) is 5.91 Å². The van der Waals surface area contributed by atoms with Gasteiger partial charge in [-0.2, -0.15) is 0 Å². The SMILES string of the molecule is CC(C)(C)NCCNCCNC(=O)CCCCC(=O)C(C)(C)C. The number of hydrogen-bond donors (Lipinski definition) is 3. The Balaban J connectivity index is 3.46. The molecule has 0 aliphatic carbocycles. The van der Waals surface area contributed by atoms with Gasteiger partial charge in [0.1, 0.15) is 5.78 Å². The molecule has 0 saturated carbocycles. The fraction of sp³-hybridized carbons (Fsp3) is 0.889. The molecule has 3 N–H and O–H groups in total. The largest absolute Gasteiger partial charge is 0.355 e. The van der Waals surface area contributed by atoms with E-state index in [1.54, 1.807) is 0 Å². The first-order valence-electron chi connectivity index (χ1n) is 8.78. The van der Waals surface area contributed by atoms with E-state index in [2.05, 4.69) is 36.7 Å². The molecule has 136 valence electrons. The first-order chi connectivity index (χ1) is 10.5. The van der Waals surface area contributed by atoms with Crippen molar-refractivity contribution in [3.8, 4) is 0 Å². The van der Waals surface area contributed by atoms with Crippen LogP contribution in [0, 0.1) is 5.41 Å². The third kappa shape index (κ3) is 14.4. The van der Waals surface area contributed by atoms with Crippen LogP contribution in [-0.2, 0) is 9.59 Å². The van der Waals surface area contributed by atoms with Gasteiger partial charge in [-0.25, -0.2) is 0 Å². The van der Waals surface area contributed by atoms with Crippen LogP contribution < -0.4 is 16.0 Å². The highest BCUT2D eigenvalue weighted by atomic mass is 16.1. The fourth-order valence-electron chi connectivity index (χ4n) is 1.98. The lowest BCUT2D eigenvalue weighted by Crippen LogP contribution is -2.41. The Kier molecular flexibility index (Phi) is 10.3. The summed E-state index contributed by atoms with van der Waals surface area (Å²) >= 11 is 0. The van der Waals surface area contributed by atoms with E-state index in [1.165, 1.54) is 0 Å². The number of unbranched alkanes of at least 4 members (excludes halogenated alkanes) is 1. The molecular weight excluding hydrogens is 290 g/mol. The fourth-order valence-corrected chi connectivity index (χ4v) is 1.98. The third-order valence-corrected chi connectivity index (χ3v) is 3.48. The van der Waals surface area contributed by atoms with Gasteiger partial charge in [-0.15, -0.1) is 0 Å². The highest BCUT2D eigenvalue weighted by Crippen LogP contribution is 2.18. The number of carbonyl (C=O) groups is 2. The van der Waals surface area contributed by atoms with E-state index in [1.807, 2.05) is 20.8 Å². The maximum atomic E-state index is 11.8. The summed E-state index contributed by atoms with van der Waals surface area (Å²) in [6.07, 6.45) is 2.64. The molecule has 0 heterocycles. The van der Waals surface area contributed by atoms with Gasteiger partial charge in [-0.3, -0.25) is 9.59 Å². The molecule has 0 radical (unpaired) electrons. The predicted octanol–water partition coefficient (Wildman–Crippen LogP) is 2.26. The zero-order valence-electron chi connectivity index (χ0n) is 16.0. The van der Waals surface area contributed by atoms with Crippen LogP contribution in [-0.4, -0.2) is 43.4 Å². The van der Waals surface area contributed by atoms with Crippen LogP contribution in [0.25, 0.3) is 0 Å². The summed E-state index contributed by atoms with van der Waals surface area (Å²) in [7, 11) is 0. The summed E-state index contributed by atoms with van der Waals surface area (Å²) in [5.41, 5.74) is -0.125. The summed E-state index contributed by atoms with van der Waals surface area (Å²) < 4.78 is 0. The minimum absolute atomic E-state index is 0.0721. The van der Waals surface area contributed by atoms with Gasteiger partial charge in [0.15, 0.2) is 0 Å². The van der Waals surface area contributed by atoms with Crippen LogP contribution in [0.3, 0.4) is 0 Å². The minimum Gasteiger partial charge on any atom is -0.355 e. The quantitative estimate of drug-likeness (QED) is 0.509. The molecule has 0 fully saturated rings. The van der Waals surface area contributed by atoms with E-state index in [0.29, 0.717) is 19.4 Å². The highest BCUT2D eigenvalue weighted by Gasteiger charge is 2.20. The zero-order valence-corrected chi connectivity index (χ0v) is 16.0. The van der Waals surface area contributed by atoms with Crippen LogP contribution in [0.15, 0.2) is 0 Å². The average Bonchev–Trinajstić information content (AvgIpc) is 2.40. The molecule has 0 atom stereocenters. The van der Waals surface area contributed by atoms with Gasteiger partial charge in [0.05, 0.1) is 0 Å². The number of Topliss-reactive ketones (excluding diaryl/α,β-unsaturated/α-hetero) is 1. The number of hydrogen-bond acceptors (Lipinski definition) is 4. The molecule has 0 aromatic heterocycles. The van der Waals surface area contributed by atoms with Gasteiger partial charge in [0.25, 0.3) is 0 Å². The van der Waals surface area contributed by atoms with Crippen molar-refractivity contribution in [1.29, 1.82) is 0 Å². The Morgan fingerprint density at radius 2 is 1.35 bits per heavy atom. The average molecular weight is 328 g/mol. The standard InChI is InChI=1S/C18H37N3O2/c1-17(2,3)15(22)9-7-8-10-16(23)20-13-11-19-12-14-21-18(4,5)6/h19,21H,7-14H2,1-6H3,(H,20,23). The second kappa shape index (κ2) is 10.8. The molecular formula is C18H37N3O2. The number of rotatable bonds is 11. The summed E-state index contributed by atoms with van der Waals surface area (Å²) in [6, 6.07) is 0. The zero-order chi connectivity index (χ0) is 17.9. The topological polar surface area (TPSA) is 70.2 Å². The normalized spacial score (nSPS) is 12.3. The first-order valence-corrected chi connectivity index (χ1v) is 8.78. The molecule has 0 spiro atoms. The Morgan fingerprint density at radius 1 is 0.783 bits per heavy atom. The molecule has 0 aliphatic rings. The van der Waals surface area contributed by atoms with Crippen molar-refractivity contribution in [2.24, 2.45) is 5.41 Å². The maximum absolute atomic E-state index is 11.8. The smallest absolute Gasteiger partial charge is 0.220 e. The molecule has 0 rings (SSSR count). The summed E-state index contributed by atoms with van der Waals surface area (Å²) in [6.45, 7) is 15.5. The van der Waals surface area contributed by atoms with Crippen molar-refractivity contribution < 1.29 is 9.59 Å². The summed E-state index contributed by atoms with van der Waals surface area (Å²) in [5.74, 6) is 0.341. The molecule has 1 amide bonds. The van der Waals surface area contributed by atoms with E-state index < -0.39 is 0 Å². The van der Waals surface area contributed by atoms with Crippen LogP contribution in [0.4, 0.5) is 0 Å². The lowest BCUT2D eigenvalue weighted by molar-refractivity contribution is -0.126. The van der Waals surface area contributed by atoms with Gasteiger partial charge >= 0.3 is 0 Å². The Bertz CT molecular complexity index is 354. The van der Waals surface area contributed by atoms with Crippen LogP contribution in [0.2, 0.25) is 0 Å². The second-order valence-electron chi connectivity index (χ2n) is 8.16. The van der Waals surface area contributed by atoms with Gasteiger partial charge in [-0.05, 0) is 33.6 Å². The van der Waals surface area contributed by atoms with E-state index in [-0.39, 0.29) is 22.6 Å². The van der Waals surface area contributed by atoms with E-state index >= 15 is 0 Å². The van der Waals surface area contributed by atoms with Crippen molar-refractivity contribution in [3.63, 3.8) is 0 Å². The van der Waals surface area contributed by atoms with Gasteiger partial charge in [-0.1, -0.05) is 20.8 Å². The van der Waals surface area contributed by atoms with E-state index in [4.69, 9.17) is 0 Å². The number of ketones is 1. The molecule has 0 saturated heterocycles. The van der Waals surface area contributed by atoms with E-state index in [9.17, 15) is 9.59 Å².